The van der Waals surface area contributed by atoms with E-state index in [2.05, 4.69) is 0 Å². The maximum atomic E-state index is 13.6. The molecule has 4 atom stereocenters. The highest BCUT2D eigenvalue weighted by Crippen LogP contribution is 2.54. The summed E-state index contributed by atoms with van der Waals surface area (Å²) in [6.07, 6.45) is 3.28. The maximum absolute atomic E-state index is 13.6. The molecule has 3 aliphatic rings. The van der Waals surface area contributed by atoms with E-state index in [-0.39, 0.29) is 17.4 Å². The maximum Gasteiger partial charge on any atom is 0.264 e. The van der Waals surface area contributed by atoms with Gasteiger partial charge in [0.15, 0.2) is 0 Å². The van der Waals surface area contributed by atoms with Crippen molar-refractivity contribution in [2.45, 2.75) is 42.1 Å². The molecule has 0 radical (unpaired) electrons. The van der Waals surface area contributed by atoms with Gasteiger partial charge in [-0.05, 0) is 37.3 Å². The minimum absolute atomic E-state index is 0.183. The van der Waals surface area contributed by atoms with Gasteiger partial charge in [-0.25, -0.2) is 8.42 Å². The van der Waals surface area contributed by atoms with Gasteiger partial charge in [-0.15, -0.1) is 0 Å². The van der Waals surface area contributed by atoms with E-state index in [4.69, 9.17) is 16.3 Å². The van der Waals surface area contributed by atoms with Crippen molar-refractivity contribution in [3.63, 3.8) is 0 Å². The largest absolute Gasteiger partial charge is 0.383 e. The number of aryl methyl sites for hydroxylation is 1. The SMILES string of the molecule is Cc1ccc(S(=O)(=O)N2c3ccc(Cl)cc3[C@]3(O)C[C@@H]4C=C[C@@H](O4)[C@H]23)cc1. The second-order valence-corrected chi connectivity index (χ2v) is 9.62. The molecule has 2 aromatic carbocycles. The zero-order chi connectivity index (χ0) is 19.0. The van der Waals surface area contributed by atoms with Gasteiger partial charge in [0.2, 0.25) is 0 Å². The molecule has 5 nitrogen and oxygen atoms in total. The quantitative estimate of drug-likeness (QED) is 0.782. The molecule has 0 amide bonds. The van der Waals surface area contributed by atoms with E-state index in [1.165, 1.54) is 4.31 Å². The Kier molecular flexibility index (Phi) is 3.56. The Morgan fingerprint density at radius 2 is 1.93 bits per heavy atom. The first-order valence-corrected chi connectivity index (χ1v) is 10.6. The van der Waals surface area contributed by atoms with Gasteiger partial charge in [0.05, 0.1) is 16.7 Å². The number of ether oxygens (including phenoxy) is 1. The highest BCUT2D eigenvalue weighted by molar-refractivity contribution is 7.92. The van der Waals surface area contributed by atoms with E-state index < -0.39 is 27.8 Å². The van der Waals surface area contributed by atoms with Crippen LogP contribution in [0.5, 0.6) is 0 Å². The first-order chi connectivity index (χ1) is 12.8. The Balaban J connectivity index is 1.73. The smallest absolute Gasteiger partial charge is 0.264 e. The topological polar surface area (TPSA) is 66.8 Å². The monoisotopic (exact) mass is 403 g/mol. The third-order valence-electron chi connectivity index (χ3n) is 5.65. The second kappa shape index (κ2) is 5.58. The molecule has 1 fully saturated rings. The van der Waals surface area contributed by atoms with Gasteiger partial charge < -0.3 is 9.84 Å². The molecule has 2 bridgehead atoms. The van der Waals surface area contributed by atoms with Gasteiger partial charge in [-0.3, -0.25) is 4.31 Å². The average molecular weight is 404 g/mol. The Morgan fingerprint density at radius 1 is 1.19 bits per heavy atom. The summed E-state index contributed by atoms with van der Waals surface area (Å²) in [5.41, 5.74) is 0.617. The minimum Gasteiger partial charge on any atom is -0.383 e. The lowest BCUT2D eigenvalue weighted by Crippen LogP contribution is -2.57. The number of benzene rings is 2. The Morgan fingerprint density at radius 3 is 2.67 bits per heavy atom. The minimum atomic E-state index is -3.90. The second-order valence-electron chi connectivity index (χ2n) is 7.37. The molecule has 27 heavy (non-hydrogen) atoms. The lowest BCUT2D eigenvalue weighted by atomic mass is 9.82. The summed E-state index contributed by atoms with van der Waals surface area (Å²) >= 11 is 6.18. The van der Waals surface area contributed by atoms with E-state index in [1.807, 2.05) is 19.1 Å². The molecular formula is C20H18ClNO4S. The van der Waals surface area contributed by atoms with Crippen molar-refractivity contribution in [3.05, 3.63) is 70.8 Å². The van der Waals surface area contributed by atoms with Gasteiger partial charge in [0.1, 0.15) is 17.7 Å². The van der Waals surface area contributed by atoms with Crippen molar-refractivity contribution < 1.29 is 18.3 Å². The number of rotatable bonds is 2. The summed E-state index contributed by atoms with van der Waals surface area (Å²) in [5, 5.41) is 12.1. The predicted octanol–water partition coefficient (Wildman–Crippen LogP) is 3.14. The van der Waals surface area contributed by atoms with Crippen LogP contribution < -0.4 is 4.31 Å². The van der Waals surface area contributed by atoms with Crippen molar-refractivity contribution in [2.24, 2.45) is 0 Å². The molecule has 0 saturated carbocycles. The lowest BCUT2D eigenvalue weighted by Gasteiger charge is -2.42. The summed E-state index contributed by atoms with van der Waals surface area (Å²) in [7, 11) is -3.90. The average Bonchev–Trinajstić information content (AvgIpc) is 3.13. The number of anilines is 1. The van der Waals surface area contributed by atoms with Crippen LogP contribution in [-0.2, 0) is 20.4 Å². The number of hydrogen-bond acceptors (Lipinski definition) is 4. The van der Waals surface area contributed by atoms with Crippen LogP contribution in [0.1, 0.15) is 17.5 Å². The number of fused-ring (bicyclic) bond motifs is 6. The van der Waals surface area contributed by atoms with E-state index in [0.717, 1.165) is 5.56 Å². The third-order valence-corrected chi connectivity index (χ3v) is 7.70. The number of sulfonamides is 1. The molecule has 0 spiro atoms. The fraction of sp³-hybridized carbons (Fsp3) is 0.300. The van der Waals surface area contributed by atoms with Crippen molar-refractivity contribution in [2.75, 3.05) is 4.31 Å². The normalized spacial score (nSPS) is 31.1. The zero-order valence-electron chi connectivity index (χ0n) is 14.5. The van der Waals surface area contributed by atoms with Gasteiger partial charge in [0, 0.05) is 17.0 Å². The zero-order valence-corrected chi connectivity index (χ0v) is 16.1. The van der Waals surface area contributed by atoms with Crippen molar-refractivity contribution in [1.82, 2.24) is 0 Å². The van der Waals surface area contributed by atoms with Crippen LogP contribution in [-0.4, -0.2) is 31.8 Å². The van der Waals surface area contributed by atoms with Crippen LogP contribution in [0.4, 0.5) is 5.69 Å². The van der Waals surface area contributed by atoms with Gasteiger partial charge >= 0.3 is 0 Å². The molecule has 7 heteroatoms. The summed E-state index contributed by atoms with van der Waals surface area (Å²) in [5.74, 6) is 0. The number of aliphatic hydroxyl groups is 1. The van der Waals surface area contributed by atoms with E-state index >= 15 is 0 Å². The molecule has 3 aliphatic heterocycles. The highest BCUT2D eigenvalue weighted by atomic mass is 35.5. The van der Waals surface area contributed by atoms with Crippen LogP contribution in [0.15, 0.2) is 59.5 Å². The predicted molar refractivity (Wildman–Crippen MR) is 102 cm³/mol. The Hall–Kier alpha value is -1.86. The van der Waals surface area contributed by atoms with Crippen LogP contribution in [0.2, 0.25) is 5.02 Å². The van der Waals surface area contributed by atoms with Gasteiger partial charge in [0.25, 0.3) is 10.0 Å². The van der Waals surface area contributed by atoms with Crippen LogP contribution in [0.3, 0.4) is 0 Å². The number of hydrogen-bond donors (Lipinski definition) is 1. The molecule has 0 unspecified atom stereocenters. The molecule has 140 valence electrons. The van der Waals surface area contributed by atoms with Crippen LogP contribution >= 0.6 is 11.6 Å². The molecule has 2 aromatic rings. The van der Waals surface area contributed by atoms with Gasteiger partial charge in [-0.2, -0.15) is 0 Å². The highest BCUT2D eigenvalue weighted by Gasteiger charge is 2.61. The number of nitrogens with zero attached hydrogens (tertiary/aromatic N) is 1. The lowest BCUT2D eigenvalue weighted by molar-refractivity contribution is -0.114. The fourth-order valence-electron chi connectivity index (χ4n) is 4.42. The first-order valence-electron chi connectivity index (χ1n) is 8.78. The first kappa shape index (κ1) is 17.3. The molecular weight excluding hydrogens is 386 g/mol. The fourth-order valence-corrected chi connectivity index (χ4v) is 6.31. The third kappa shape index (κ3) is 2.34. The van der Waals surface area contributed by atoms with Crippen LogP contribution in [0.25, 0.3) is 0 Å². The molecule has 1 saturated heterocycles. The van der Waals surface area contributed by atoms with Crippen LogP contribution in [0, 0.1) is 6.92 Å². The summed E-state index contributed by atoms with van der Waals surface area (Å²) in [4.78, 5) is 0.183. The number of halogens is 1. The van der Waals surface area contributed by atoms with Crippen molar-refractivity contribution in [3.8, 4) is 0 Å². The van der Waals surface area contributed by atoms with E-state index in [1.54, 1.807) is 42.5 Å². The van der Waals surface area contributed by atoms with Crippen molar-refractivity contribution >= 4 is 27.3 Å². The summed E-state index contributed by atoms with van der Waals surface area (Å²) in [6, 6.07) is 10.9. The molecule has 3 heterocycles. The molecule has 0 aliphatic carbocycles. The summed E-state index contributed by atoms with van der Waals surface area (Å²) < 4.78 is 34.4. The van der Waals surface area contributed by atoms with E-state index in [9.17, 15) is 13.5 Å². The molecule has 1 N–H and O–H groups in total. The standard InChI is InChI=1S/C20H18ClNO4S/c1-12-2-6-15(7-3-12)27(24,25)22-17-8-4-13(21)10-16(17)20(23)11-14-5-9-18(26-14)19(20)22/h2-10,14,18-19,23H,11H2,1H3/t14-,18+,19-,20+/m0/s1. The Bertz CT molecular complexity index is 1070. The van der Waals surface area contributed by atoms with Gasteiger partial charge in [-0.1, -0.05) is 41.4 Å². The Labute approximate surface area is 162 Å². The summed E-state index contributed by atoms with van der Waals surface area (Å²) in [6.45, 7) is 1.90. The van der Waals surface area contributed by atoms with Crippen molar-refractivity contribution in [1.29, 1.82) is 0 Å². The molecule has 5 rings (SSSR count). The van der Waals surface area contributed by atoms with E-state index in [0.29, 0.717) is 16.3 Å². The molecule has 0 aromatic heterocycles.